The maximum absolute atomic E-state index is 11.9. The van der Waals surface area contributed by atoms with Crippen LogP contribution in [0.5, 0.6) is 0 Å². The summed E-state index contributed by atoms with van der Waals surface area (Å²) in [6.45, 7) is 0. The molecule has 3 aromatic rings. The third kappa shape index (κ3) is 2.94. The number of benzene rings is 1. The maximum atomic E-state index is 11.9. The number of aromatic nitrogens is 2. The predicted molar refractivity (Wildman–Crippen MR) is 74.1 cm³/mol. The fourth-order valence-corrected chi connectivity index (χ4v) is 1.90. The van der Waals surface area contributed by atoms with Gasteiger partial charge in [-0.1, -0.05) is 36.5 Å². The summed E-state index contributed by atoms with van der Waals surface area (Å²) in [4.78, 5) is 16.2. The molecule has 3 rings (SSSR count). The van der Waals surface area contributed by atoms with Gasteiger partial charge in [-0.25, -0.2) is 6.07 Å². The van der Waals surface area contributed by atoms with E-state index in [0.717, 1.165) is 16.9 Å². The van der Waals surface area contributed by atoms with Crippen LogP contribution in [0.3, 0.4) is 0 Å². The fourth-order valence-electron chi connectivity index (χ4n) is 1.90. The number of hydrogen-bond donors (Lipinski definition) is 0. The van der Waals surface area contributed by atoms with Gasteiger partial charge in [-0.15, -0.1) is 5.56 Å². The second-order valence-electron chi connectivity index (χ2n) is 4.10. The Morgan fingerprint density at radius 3 is 2.45 bits per heavy atom. The molecule has 0 radical (unpaired) electrons. The number of nitrogens with zero attached hydrogens (tertiary/aromatic N) is 2. The summed E-state index contributed by atoms with van der Waals surface area (Å²) in [5.74, 6) is 0. The zero-order valence-corrected chi connectivity index (χ0v) is 13.5. The van der Waals surface area contributed by atoms with Crippen LogP contribution in [-0.4, -0.2) is 9.55 Å². The van der Waals surface area contributed by atoms with E-state index in [-0.39, 0.29) is 26.6 Å². The van der Waals surface area contributed by atoms with Crippen molar-refractivity contribution in [1.29, 1.82) is 0 Å². The van der Waals surface area contributed by atoms with Gasteiger partial charge in [-0.2, -0.15) is 6.07 Å². The van der Waals surface area contributed by atoms with Crippen LogP contribution >= 0.6 is 0 Å². The minimum absolute atomic E-state index is 0. The summed E-state index contributed by atoms with van der Waals surface area (Å²) >= 11 is 0. The number of rotatable bonds is 2. The van der Waals surface area contributed by atoms with E-state index in [1.807, 2.05) is 48.5 Å². The van der Waals surface area contributed by atoms with Crippen LogP contribution in [-0.2, 0) is 21.1 Å². The molecule has 0 unspecified atom stereocenters. The smallest absolute Gasteiger partial charge is 0.162 e. The van der Waals surface area contributed by atoms with Crippen LogP contribution in [0.2, 0.25) is 0 Å². The van der Waals surface area contributed by atoms with Crippen LogP contribution in [0, 0.1) is 6.07 Å². The molecule has 3 nitrogen and oxygen atoms in total. The minimum atomic E-state index is -0.175. The first-order valence-electron chi connectivity index (χ1n) is 5.96. The van der Waals surface area contributed by atoms with Crippen molar-refractivity contribution in [2.45, 2.75) is 0 Å². The molecule has 0 aliphatic heterocycles. The zero-order chi connectivity index (χ0) is 13.1. The Bertz CT molecular complexity index is 739. The summed E-state index contributed by atoms with van der Waals surface area (Å²) in [6, 6.07) is 19.6. The van der Waals surface area contributed by atoms with Gasteiger partial charge in [0.2, 0.25) is 0 Å². The first kappa shape index (κ1) is 14.4. The third-order valence-electron chi connectivity index (χ3n) is 2.83. The molecule has 0 bridgehead atoms. The van der Waals surface area contributed by atoms with Gasteiger partial charge in [0.1, 0.15) is 0 Å². The van der Waals surface area contributed by atoms with Gasteiger partial charge in [-0.3, -0.25) is 9.78 Å². The zero-order valence-electron chi connectivity index (χ0n) is 10.6. The Morgan fingerprint density at radius 2 is 1.75 bits per heavy atom. The first-order chi connectivity index (χ1) is 9.34. The molecule has 2 aromatic heterocycles. The molecule has 0 saturated heterocycles. The van der Waals surface area contributed by atoms with E-state index in [1.165, 1.54) is 0 Å². The summed E-state index contributed by atoms with van der Waals surface area (Å²) in [6.07, 6.45) is 3.52. The minimum Gasteiger partial charge on any atom is -0.317 e. The average Bonchev–Trinajstić information content (AvgIpc) is 2.49. The van der Waals surface area contributed by atoms with E-state index in [4.69, 9.17) is 0 Å². The first-order valence-corrected chi connectivity index (χ1v) is 5.96. The number of pyridine rings is 2. The summed E-state index contributed by atoms with van der Waals surface area (Å²) in [7, 11) is 0. The molecule has 0 atom stereocenters. The molecular formula is C16H11N2OW-. The number of hydrogen-bond acceptors (Lipinski definition) is 2. The van der Waals surface area contributed by atoms with Crippen LogP contribution in [0.15, 0.2) is 71.8 Å². The summed E-state index contributed by atoms with van der Waals surface area (Å²) in [5, 5.41) is 0. The second-order valence-corrected chi connectivity index (χ2v) is 4.10. The molecule has 0 aliphatic carbocycles. The standard InChI is InChI=1S/C16H11N2O.W/c19-16-10-9-13(15-8-4-5-11-17-15)12-18(16)14-6-2-1-3-7-14;/h1-9,11-12H;/q-1;. The molecule has 20 heavy (non-hydrogen) atoms. The van der Waals surface area contributed by atoms with Gasteiger partial charge in [-0.05, 0) is 23.9 Å². The van der Waals surface area contributed by atoms with E-state index < -0.39 is 0 Å². The third-order valence-corrected chi connectivity index (χ3v) is 2.83. The van der Waals surface area contributed by atoms with E-state index in [9.17, 15) is 4.79 Å². The molecule has 0 fully saturated rings. The van der Waals surface area contributed by atoms with Crippen molar-refractivity contribution in [3.8, 4) is 16.9 Å². The van der Waals surface area contributed by atoms with Crippen LogP contribution < -0.4 is 5.56 Å². The number of para-hydroxylation sites is 1. The Balaban J connectivity index is 0.00000147. The van der Waals surface area contributed by atoms with Crippen molar-refractivity contribution in [1.82, 2.24) is 9.55 Å². The van der Waals surface area contributed by atoms with Crippen molar-refractivity contribution in [3.63, 3.8) is 0 Å². The van der Waals surface area contributed by atoms with Crippen molar-refractivity contribution >= 4 is 0 Å². The van der Waals surface area contributed by atoms with E-state index in [0.29, 0.717) is 0 Å². The summed E-state index contributed by atoms with van der Waals surface area (Å²) in [5.41, 5.74) is 2.33. The maximum Gasteiger partial charge on any atom is 0.162 e. The van der Waals surface area contributed by atoms with Crippen molar-refractivity contribution in [2.75, 3.05) is 0 Å². The molecule has 0 amide bonds. The Morgan fingerprint density at radius 1 is 1.00 bits per heavy atom. The Labute approximate surface area is 131 Å². The van der Waals surface area contributed by atoms with Crippen LogP contribution in [0.1, 0.15) is 0 Å². The Hall–Kier alpha value is -1.99. The van der Waals surface area contributed by atoms with E-state index >= 15 is 0 Å². The quantitative estimate of drug-likeness (QED) is 0.586. The topological polar surface area (TPSA) is 34.9 Å². The molecule has 0 N–H and O–H groups in total. The van der Waals surface area contributed by atoms with Crippen molar-refractivity contribution < 1.29 is 21.1 Å². The van der Waals surface area contributed by atoms with Gasteiger partial charge in [0.25, 0.3) is 0 Å². The summed E-state index contributed by atoms with van der Waals surface area (Å²) < 4.78 is 1.57. The van der Waals surface area contributed by atoms with Crippen molar-refractivity contribution in [2.24, 2.45) is 0 Å². The fraction of sp³-hybridized carbons (Fsp3) is 0. The molecule has 0 spiro atoms. The molecule has 1 aromatic carbocycles. The van der Waals surface area contributed by atoms with Gasteiger partial charge in [0, 0.05) is 32.9 Å². The monoisotopic (exact) mass is 431 g/mol. The van der Waals surface area contributed by atoms with Gasteiger partial charge < -0.3 is 4.57 Å². The largest absolute Gasteiger partial charge is 0.317 e. The molecular weight excluding hydrogens is 420 g/mol. The Kier molecular flexibility index (Phi) is 4.65. The molecule has 2 heterocycles. The second kappa shape index (κ2) is 6.44. The predicted octanol–water partition coefficient (Wildman–Crippen LogP) is 2.70. The molecule has 98 valence electrons. The normalized spacial score (nSPS) is 9.80. The van der Waals surface area contributed by atoms with E-state index in [2.05, 4.69) is 11.1 Å². The molecule has 4 heteroatoms. The SMILES string of the molecule is O=c1[c-]cc(-c2ccccn2)cn1-c1ccccc1.[W]. The van der Waals surface area contributed by atoms with Crippen molar-refractivity contribution in [3.05, 3.63) is 83.4 Å². The van der Waals surface area contributed by atoms with Crippen LogP contribution in [0.4, 0.5) is 0 Å². The van der Waals surface area contributed by atoms with Gasteiger partial charge in [0.15, 0.2) is 5.56 Å². The molecule has 0 saturated carbocycles. The van der Waals surface area contributed by atoms with Gasteiger partial charge in [0.05, 0.1) is 0 Å². The average molecular weight is 431 g/mol. The molecule has 0 aliphatic rings. The van der Waals surface area contributed by atoms with Gasteiger partial charge >= 0.3 is 0 Å². The van der Waals surface area contributed by atoms with Crippen LogP contribution in [0.25, 0.3) is 16.9 Å². The van der Waals surface area contributed by atoms with E-state index in [1.54, 1.807) is 23.0 Å².